The molecule has 3 aromatic rings. The molecule has 1 saturated heterocycles. The van der Waals surface area contributed by atoms with Crippen molar-refractivity contribution in [3.63, 3.8) is 0 Å². The van der Waals surface area contributed by atoms with E-state index < -0.39 is 17.8 Å². The Morgan fingerprint density at radius 1 is 1.02 bits per heavy atom. The van der Waals surface area contributed by atoms with Crippen LogP contribution < -0.4 is 16.0 Å². The quantitative estimate of drug-likeness (QED) is 0.264. The summed E-state index contributed by atoms with van der Waals surface area (Å²) in [6, 6.07) is 9.94. The van der Waals surface area contributed by atoms with Gasteiger partial charge in [0.25, 0.3) is 0 Å². The molecule has 1 saturated carbocycles. The highest BCUT2D eigenvalue weighted by Crippen LogP contribution is 2.30. The summed E-state index contributed by atoms with van der Waals surface area (Å²) >= 11 is 0. The number of nitrogens with zero attached hydrogens (tertiary/aromatic N) is 3. The summed E-state index contributed by atoms with van der Waals surface area (Å²) in [6.45, 7) is 1.48. The highest BCUT2D eigenvalue weighted by Gasteiger charge is 2.30. The molecule has 11 heteroatoms. The number of benzene rings is 1. The second-order valence-corrected chi connectivity index (χ2v) is 10.9. The Hall–Kier alpha value is -3.60. The third-order valence-corrected chi connectivity index (χ3v) is 7.77. The van der Waals surface area contributed by atoms with Gasteiger partial charge in [0.2, 0.25) is 11.9 Å². The van der Waals surface area contributed by atoms with Gasteiger partial charge in [0.05, 0.1) is 11.7 Å². The molecule has 1 aromatic carbocycles. The molecule has 1 unspecified atom stereocenters. The van der Waals surface area contributed by atoms with Crippen LogP contribution in [0.15, 0.2) is 54.9 Å². The Kier molecular flexibility index (Phi) is 9.43. The van der Waals surface area contributed by atoms with E-state index in [0.29, 0.717) is 42.0 Å². The van der Waals surface area contributed by atoms with Crippen LogP contribution >= 0.6 is 0 Å². The van der Waals surface area contributed by atoms with E-state index in [9.17, 15) is 18.0 Å². The van der Waals surface area contributed by atoms with E-state index in [2.05, 4.69) is 25.9 Å². The SMILES string of the molecule is O=C(NCc1ccc(C(F)(F)F)cc1)[C@@H](CC1CCCCC1)Nc1cc(-n2cccc2)nc(NCC2CCCO2)n1. The smallest absolute Gasteiger partial charge is 0.376 e. The summed E-state index contributed by atoms with van der Waals surface area (Å²) in [5, 5.41) is 9.58. The minimum atomic E-state index is -4.40. The number of rotatable bonds is 11. The van der Waals surface area contributed by atoms with Crippen molar-refractivity contribution >= 4 is 17.7 Å². The van der Waals surface area contributed by atoms with Crippen LogP contribution in [0.4, 0.5) is 24.9 Å². The van der Waals surface area contributed by atoms with Crippen molar-refractivity contribution in [3.8, 4) is 5.82 Å². The zero-order valence-corrected chi connectivity index (χ0v) is 23.0. The fourth-order valence-corrected chi connectivity index (χ4v) is 5.51. The second kappa shape index (κ2) is 13.4. The number of anilines is 2. The number of hydrogen-bond acceptors (Lipinski definition) is 6. The molecule has 0 radical (unpaired) electrons. The van der Waals surface area contributed by atoms with Gasteiger partial charge < -0.3 is 25.3 Å². The average molecular weight is 571 g/mol. The molecular weight excluding hydrogens is 533 g/mol. The van der Waals surface area contributed by atoms with E-state index in [1.165, 1.54) is 18.6 Å². The van der Waals surface area contributed by atoms with Gasteiger partial charge in [-0.05, 0) is 55.0 Å². The first kappa shape index (κ1) is 28.9. The summed E-state index contributed by atoms with van der Waals surface area (Å²) in [5.41, 5.74) is -0.115. The molecule has 2 fully saturated rings. The minimum absolute atomic E-state index is 0.111. The van der Waals surface area contributed by atoms with Gasteiger partial charge in [0.15, 0.2) is 0 Å². The summed E-state index contributed by atoms with van der Waals surface area (Å²) in [5.74, 6) is 1.80. The maximum atomic E-state index is 13.5. The zero-order chi connectivity index (χ0) is 28.7. The van der Waals surface area contributed by atoms with Crippen molar-refractivity contribution < 1.29 is 22.7 Å². The summed E-state index contributed by atoms with van der Waals surface area (Å²) in [4.78, 5) is 22.8. The molecule has 1 aliphatic heterocycles. The lowest BCUT2D eigenvalue weighted by Crippen LogP contribution is -2.41. The van der Waals surface area contributed by atoms with Crippen LogP contribution in [-0.2, 0) is 22.3 Å². The van der Waals surface area contributed by atoms with Gasteiger partial charge in [-0.1, -0.05) is 44.2 Å². The molecule has 2 atom stereocenters. The van der Waals surface area contributed by atoms with Crippen molar-refractivity contribution in [1.29, 1.82) is 0 Å². The number of amides is 1. The molecule has 220 valence electrons. The molecule has 0 spiro atoms. The van der Waals surface area contributed by atoms with Gasteiger partial charge in [-0.25, -0.2) is 0 Å². The zero-order valence-electron chi connectivity index (χ0n) is 23.0. The maximum absolute atomic E-state index is 13.5. The summed E-state index contributed by atoms with van der Waals surface area (Å²) in [7, 11) is 0. The molecule has 5 rings (SSSR count). The molecule has 1 aliphatic carbocycles. The van der Waals surface area contributed by atoms with Crippen molar-refractivity contribution in [2.75, 3.05) is 23.8 Å². The number of aromatic nitrogens is 3. The van der Waals surface area contributed by atoms with Crippen molar-refractivity contribution in [2.24, 2.45) is 5.92 Å². The highest BCUT2D eigenvalue weighted by molar-refractivity contribution is 5.84. The predicted octanol–water partition coefficient (Wildman–Crippen LogP) is 5.94. The van der Waals surface area contributed by atoms with Gasteiger partial charge in [-0.2, -0.15) is 23.1 Å². The largest absolute Gasteiger partial charge is 0.416 e. The molecule has 3 N–H and O–H groups in total. The third kappa shape index (κ3) is 8.22. The van der Waals surface area contributed by atoms with Gasteiger partial charge >= 0.3 is 6.18 Å². The van der Waals surface area contributed by atoms with E-state index in [0.717, 1.165) is 57.3 Å². The third-order valence-electron chi connectivity index (χ3n) is 7.77. The molecule has 2 aromatic heterocycles. The fraction of sp³-hybridized carbons (Fsp3) is 0.500. The van der Waals surface area contributed by atoms with Crippen LogP contribution in [-0.4, -0.2) is 45.7 Å². The lowest BCUT2D eigenvalue weighted by atomic mass is 9.84. The Bertz CT molecular complexity index is 1250. The van der Waals surface area contributed by atoms with Gasteiger partial charge in [-0.15, -0.1) is 0 Å². The summed E-state index contributed by atoms with van der Waals surface area (Å²) < 4.78 is 46.4. The molecule has 3 heterocycles. The van der Waals surface area contributed by atoms with Crippen LogP contribution in [0.2, 0.25) is 0 Å². The number of nitrogens with one attached hydrogen (secondary N) is 3. The molecule has 8 nitrogen and oxygen atoms in total. The number of halogens is 3. The molecule has 41 heavy (non-hydrogen) atoms. The van der Waals surface area contributed by atoms with Gasteiger partial charge in [0.1, 0.15) is 17.7 Å². The second-order valence-electron chi connectivity index (χ2n) is 10.9. The predicted molar refractivity (Wildman–Crippen MR) is 151 cm³/mol. The summed E-state index contributed by atoms with van der Waals surface area (Å²) in [6.07, 6.45) is 7.80. The molecule has 1 amide bonds. The first-order valence-corrected chi connectivity index (χ1v) is 14.4. The Morgan fingerprint density at radius 2 is 1.78 bits per heavy atom. The van der Waals surface area contributed by atoms with E-state index in [1.54, 1.807) is 0 Å². The van der Waals surface area contributed by atoms with Crippen LogP contribution in [0.1, 0.15) is 62.5 Å². The number of alkyl halides is 3. The van der Waals surface area contributed by atoms with Crippen LogP contribution in [0.5, 0.6) is 0 Å². The number of ether oxygens (including phenoxy) is 1. The molecule has 2 aliphatic rings. The average Bonchev–Trinajstić information content (AvgIpc) is 3.70. The molecular formula is C30H37F3N6O2. The van der Waals surface area contributed by atoms with Crippen molar-refractivity contribution in [1.82, 2.24) is 19.9 Å². The van der Waals surface area contributed by atoms with Gasteiger partial charge in [-0.3, -0.25) is 4.79 Å². The molecule has 0 bridgehead atoms. The highest BCUT2D eigenvalue weighted by atomic mass is 19.4. The van der Waals surface area contributed by atoms with E-state index in [1.807, 2.05) is 35.2 Å². The fourth-order valence-electron chi connectivity index (χ4n) is 5.51. The number of hydrogen-bond donors (Lipinski definition) is 3. The Labute approximate surface area is 238 Å². The Balaban J connectivity index is 1.32. The number of carbonyl (C=O) groups excluding carboxylic acids is 1. The van der Waals surface area contributed by atoms with Crippen LogP contribution in [0.3, 0.4) is 0 Å². The Morgan fingerprint density at radius 3 is 2.46 bits per heavy atom. The number of carbonyl (C=O) groups is 1. The normalized spacial score (nSPS) is 18.7. The van der Waals surface area contributed by atoms with E-state index in [4.69, 9.17) is 4.74 Å². The first-order chi connectivity index (χ1) is 19.8. The van der Waals surface area contributed by atoms with Crippen LogP contribution in [0, 0.1) is 5.92 Å². The topological polar surface area (TPSA) is 93.1 Å². The monoisotopic (exact) mass is 570 g/mol. The van der Waals surface area contributed by atoms with Crippen molar-refractivity contribution in [3.05, 3.63) is 66.0 Å². The van der Waals surface area contributed by atoms with Gasteiger partial charge in [0, 0.05) is 38.2 Å². The van der Waals surface area contributed by atoms with Crippen LogP contribution in [0.25, 0.3) is 5.82 Å². The lowest BCUT2D eigenvalue weighted by Gasteiger charge is -2.27. The lowest BCUT2D eigenvalue weighted by molar-refractivity contribution is -0.137. The first-order valence-electron chi connectivity index (χ1n) is 14.4. The van der Waals surface area contributed by atoms with E-state index >= 15 is 0 Å². The van der Waals surface area contributed by atoms with Crippen molar-refractivity contribution in [2.45, 2.75) is 76.2 Å². The standard InChI is InChI=1S/C30H37F3N6O2/c31-30(32,33)23-12-10-22(11-13-23)19-34-28(40)25(17-21-7-2-1-3-8-21)36-26-18-27(39-14-4-5-15-39)38-29(37-26)35-20-24-9-6-16-41-24/h4-5,10-15,18,21,24-25H,1-3,6-9,16-17,19-20H2,(H,34,40)(H2,35,36,37,38)/t24?,25-/m1/s1. The van der Waals surface area contributed by atoms with E-state index in [-0.39, 0.29) is 18.6 Å². The maximum Gasteiger partial charge on any atom is 0.416 e. The minimum Gasteiger partial charge on any atom is -0.376 e.